The Morgan fingerprint density at radius 1 is 1.28 bits per heavy atom. The Labute approximate surface area is 114 Å². The van der Waals surface area contributed by atoms with Gasteiger partial charge in [0.05, 0.1) is 18.9 Å². The molecule has 0 radical (unpaired) electrons. The molecular formula is C12H14BrNO4. The molecule has 0 aliphatic rings. The quantitative estimate of drug-likeness (QED) is 0.614. The van der Waals surface area contributed by atoms with E-state index < -0.39 is 17.9 Å². The number of carbonyl (C=O) groups is 2. The number of rotatable bonds is 5. The van der Waals surface area contributed by atoms with Gasteiger partial charge in [-0.25, -0.2) is 0 Å². The van der Waals surface area contributed by atoms with Crippen LogP contribution in [-0.2, 0) is 19.1 Å². The zero-order valence-corrected chi connectivity index (χ0v) is 11.8. The summed E-state index contributed by atoms with van der Waals surface area (Å²) in [6.45, 7) is 3.74. The first kappa shape index (κ1) is 14.6. The number of halogens is 1. The van der Waals surface area contributed by atoms with E-state index in [4.69, 9.17) is 9.47 Å². The van der Waals surface area contributed by atoms with Crippen molar-refractivity contribution in [1.29, 1.82) is 0 Å². The van der Waals surface area contributed by atoms with Gasteiger partial charge < -0.3 is 9.47 Å². The van der Waals surface area contributed by atoms with Gasteiger partial charge in [0.15, 0.2) is 5.92 Å². The van der Waals surface area contributed by atoms with Crippen LogP contribution in [-0.4, -0.2) is 30.1 Å². The minimum Gasteiger partial charge on any atom is -0.465 e. The van der Waals surface area contributed by atoms with Crippen molar-refractivity contribution in [2.24, 2.45) is 0 Å². The minimum absolute atomic E-state index is 0.194. The molecule has 1 aromatic rings. The van der Waals surface area contributed by atoms with Crippen LogP contribution in [0.1, 0.15) is 25.5 Å². The summed E-state index contributed by atoms with van der Waals surface area (Å²) in [7, 11) is 0. The number of hydrogen-bond donors (Lipinski definition) is 0. The van der Waals surface area contributed by atoms with Gasteiger partial charge >= 0.3 is 11.9 Å². The lowest BCUT2D eigenvalue weighted by Crippen LogP contribution is -2.27. The van der Waals surface area contributed by atoms with E-state index in [1.165, 1.54) is 6.20 Å². The van der Waals surface area contributed by atoms with E-state index in [0.717, 1.165) is 0 Å². The number of carbonyl (C=O) groups excluding carboxylic acids is 2. The predicted octanol–water partition coefficient (Wildman–Crippen LogP) is 2.05. The molecule has 0 fully saturated rings. The smallest absolute Gasteiger partial charge is 0.326 e. The molecule has 1 rings (SSSR count). The Hall–Kier alpha value is -1.43. The third kappa shape index (κ3) is 3.53. The van der Waals surface area contributed by atoms with Gasteiger partial charge in [-0.15, -0.1) is 0 Å². The molecule has 0 saturated carbocycles. The fourth-order valence-electron chi connectivity index (χ4n) is 1.38. The molecule has 98 valence electrons. The van der Waals surface area contributed by atoms with E-state index in [1.807, 2.05) is 0 Å². The third-order valence-electron chi connectivity index (χ3n) is 2.10. The van der Waals surface area contributed by atoms with Crippen LogP contribution in [0.5, 0.6) is 0 Å². The van der Waals surface area contributed by atoms with Crippen LogP contribution in [0.2, 0.25) is 0 Å². The van der Waals surface area contributed by atoms with Crippen LogP contribution < -0.4 is 0 Å². The Kier molecular flexibility index (Phi) is 5.77. The molecule has 0 aliphatic heterocycles. The van der Waals surface area contributed by atoms with Crippen LogP contribution in [0.3, 0.4) is 0 Å². The van der Waals surface area contributed by atoms with Gasteiger partial charge in [0.2, 0.25) is 0 Å². The number of ether oxygens (including phenoxy) is 2. The van der Waals surface area contributed by atoms with Crippen LogP contribution in [0.15, 0.2) is 22.8 Å². The molecule has 0 bridgehead atoms. The summed E-state index contributed by atoms with van der Waals surface area (Å²) in [5.74, 6) is -2.47. The van der Waals surface area contributed by atoms with E-state index in [2.05, 4.69) is 20.9 Å². The number of hydrogen-bond acceptors (Lipinski definition) is 5. The van der Waals surface area contributed by atoms with Crippen molar-refractivity contribution in [3.05, 3.63) is 28.5 Å². The van der Waals surface area contributed by atoms with E-state index in [-0.39, 0.29) is 13.2 Å². The Balaban J connectivity index is 3.08. The fraction of sp³-hybridized carbons (Fsp3) is 0.417. The molecule has 0 aliphatic carbocycles. The summed E-state index contributed by atoms with van der Waals surface area (Å²) < 4.78 is 10.3. The van der Waals surface area contributed by atoms with Crippen LogP contribution in [0.4, 0.5) is 0 Å². The summed E-state index contributed by atoms with van der Waals surface area (Å²) >= 11 is 3.26. The Bertz CT molecular complexity index is 418. The minimum atomic E-state index is -1.15. The number of esters is 2. The summed E-state index contributed by atoms with van der Waals surface area (Å²) in [4.78, 5) is 27.7. The molecule has 0 aromatic carbocycles. The molecule has 0 atom stereocenters. The zero-order valence-electron chi connectivity index (χ0n) is 10.2. The highest BCUT2D eigenvalue weighted by Crippen LogP contribution is 2.25. The van der Waals surface area contributed by atoms with Gasteiger partial charge in [-0.1, -0.05) is 0 Å². The Morgan fingerprint density at radius 3 is 2.28 bits per heavy atom. The van der Waals surface area contributed by atoms with Crippen molar-refractivity contribution in [1.82, 2.24) is 4.98 Å². The van der Waals surface area contributed by atoms with Gasteiger partial charge in [0, 0.05) is 10.7 Å². The normalized spacial score (nSPS) is 10.2. The van der Waals surface area contributed by atoms with Crippen molar-refractivity contribution >= 4 is 27.9 Å². The molecule has 0 amide bonds. The van der Waals surface area contributed by atoms with Gasteiger partial charge in [-0.3, -0.25) is 14.6 Å². The lowest BCUT2D eigenvalue weighted by Gasteiger charge is -2.14. The molecule has 0 spiro atoms. The first-order valence-electron chi connectivity index (χ1n) is 5.55. The molecule has 5 nitrogen and oxygen atoms in total. The van der Waals surface area contributed by atoms with Gasteiger partial charge in [-0.05, 0) is 41.9 Å². The molecule has 6 heteroatoms. The van der Waals surface area contributed by atoms with E-state index >= 15 is 0 Å². The van der Waals surface area contributed by atoms with E-state index in [9.17, 15) is 9.59 Å². The number of nitrogens with zero attached hydrogens (tertiary/aromatic N) is 1. The van der Waals surface area contributed by atoms with Gasteiger partial charge in [0.1, 0.15) is 0 Å². The van der Waals surface area contributed by atoms with Crippen LogP contribution in [0, 0.1) is 0 Å². The first-order valence-corrected chi connectivity index (χ1v) is 6.34. The van der Waals surface area contributed by atoms with E-state index in [1.54, 1.807) is 26.0 Å². The monoisotopic (exact) mass is 315 g/mol. The second-order valence-corrected chi connectivity index (χ2v) is 4.16. The molecule has 18 heavy (non-hydrogen) atoms. The highest BCUT2D eigenvalue weighted by Gasteiger charge is 2.34. The maximum absolute atomic E-state index is 11.8. The van der Waals surface area contributed by atoms with Gasteiger partial charge in [0.25, 0.3) is 0 Å². The maximum atomic E-state index is 11.8. The van der Waals surface area contributed by atoms with Crippen LogP contribution >= 0.6 is 15.9 Å². The topological polar surface area (TPSA) is 65.5 Å². The highest BCUT2D eigenvalue weighted by molar-refractivity contribution is 9.10. The second kappa shape index (κ2) is 7.10. The second-order valence-electron chi connectivity index (χ2n) is 3.31. The summed E-state index contributed by atoms with van der Waals surface area (Å²) in [6, 6.07) is 3.40. The van der Waals surface area contributed by atoms with Gasteiger partial charge in [-0.2, -0.15) is 0 Å². The molecule has 0 unspecified atom stereocenters. The van der Waals surface area contributed by atoms with Crippen molar-refractivity contribution in [2.75, 3.05) is 13.2 Å². The van der Waals surface area contributed by atoms with E-state index in [0.29, 0.717) is 10.2 Å². The average Bonchev–Trinajstić information content (AvgIpc) is 2.33. The van der Waals surface area contributed by atoms with Crippen LogP contribution in [0.25, 0.3) is 0 Å². The summed E-state index contributed by atoms with van der Waals surface area (Å²) in [5.41, 5.74) is 0.300. The molecule has 0 saturated heterocycles. The zero-order chi connectivity index (χ0) is 13.5. The Morgan fingerprint density at radius 2 is 1.83 bits per heavy atom. The molecule has 0 N–H and O–H groups in total. The van der Waals surface area contributed by atoms with Crippen molar-refractivity contribution < 1.29 is 19.1 Å². The fourth-order valence-corrected chi connectivity index (χ4v) is 1.86. The molecule has 1 heterocycles. The molecular weight excluding hydrogens is 302 g/mol. The lowest BCUT2D eigenvalue weighted by atomic mass is 10.1. The number of aromatic nitrogens is 1. The first-order chi connectivity index (χ1) is 8.61. The predicted molar refractivity (Wildman–Crippen MR) is 67.9 cm³/mol. The summed E-state index contributed by atoms with van der Waals surface area (Å²) in [5, 5.41) is 0. The molecule has 1 aromatic heterocycles. The maximum Gasteiger partial charge on any atom is 0.326 e. The highest BCUT2D eigenvalue weighted by atomic mass is 79.9. The average molecular weight is 316 g/mol. The van der Waals surface area contributed by atoms with Crippen molar-refractivity contribution in [2.45, 2.75) is 19.8 Å². The summed E-state index contributed by atoms with van der Waals surface area (Å²) in [6.07, 6.45) is 1.51. The van der Waals surface area contributed by atoms with Crippen molar-refractivity contribution in [3.63, 3.8) is 0 Å². The third-order valence-corrected chi connectivity index (χ3v) is 2.78. The van der Waals surface area contributed by atoms with Crippen molar-refractivity contribution in [3.8, 4) is 0 Å². The standard InChI is InChI=1S/C12H14BrNO4/c1-3-17-11(15)9(12(16)18-4-2)10-8(13)6-5-7-14-10/h5-7,9H,3-4H2,1-2H3. The number of pyridine rings is 1. The lowest BCUT2D eigenvalue weighted by molar-refractivity contribution is -0.157. The largest absolute Gasteiger partial charge is 0.465 e. The SMILES string of the molecule is CCOC(=O)C(C(=O)OCC)c1ncccc1Br.